The lowest BCUT2D eigenvalue weighted by atomic mass is 10.2. The Hall–Kier alpha value is -1.70. The van der Waals surface area contributed by atoms with Crippen LogP contribution >= 0.6 is 11.3 Å². The van der Waals surface area contributed by atoms with E-state index in [2.05, 4.69) is 5.32 Å². The van der Waals surface area contributed by atoms with E-state index in [4.69, 9.17) is 0 Å². The summed E-state index contributed by atoms with van der Waals surface area (Å²) in [6.45, 7) is 2.93. The highest BCUT2D eigenvalue weighted by molar-refractivity contribution is 7.89. The van der Waals surface area contributed by atoms with Gasteiger partial charge in [-0.3, -0.25) is 4.79 Å². The van der Waals surface area contributed by atoms with Crippen molar-refractivity contribution in [1.82, 2.24) is 4.31 Å². The summed E-state index contributed by atoms with van der Waals surface area (Å²) in [6.07, 6.45) is 6.14. The first kappa shape index (κ1) is 18.7. The van der Waals surface area contributed by atoms with Gasteiger partial charge in [-0.25, -0.2) is 8.42 Å². The van der Waals surface area contributed by atoms with Crippen molar-refractivity contribution in [1.29, 1.82) is 0 Å². The molecule has 2 aromatic rings. The van der Waals surface area contributed by atoms with Crippen molar-refractivity contribution < 1.29 is 13.2 Å². The molecule has 0 unspecified atom stereocenters. The number of fused-ring (bicyclic) bond motifs is 1. The smallest absolute Gasteiger partial charge is 0.265 e. The lowest BCUT2D eigenvalue weighted by molar-refractivity contribution is 0.103. The molecule has 2 heterocycles. The summed E-state index contributed by atoms with van der Waals surface area (Å²) in [5.74, 6) is -0.167. The number of nitrogens with zero attached hydrogens (tertiary/aromatic N) is 1. The zero-order valence-electron chi connectivity index (χ0n) is 15.5. The Kier molecular flexibility index (Phi) is 5.09. The van der Waals surface area contributed by atoms with Crippen LogP contribution in [-0.4, -0.2) is 31.7 Å². The first-order chi connectivity index (χ1) is 12.9. The molecule has 1 aromatic carbocycles. The van der Waals surface area contributed by atoms with Crippen molar-refractivity contribution in [3.8, 4) is 0 Å². The molecule has 1 amide bonds. The number of hydrogen-bond donors (Lipinski definition) is 1. The van der Waals surface area contributed by atoms with Crippen LogP contribution in [0.25, 0.3) is 0 Å². The molecule has 0 spiro atoms. The number of carbonyl (C=O) groups is 1. The Labute approximate surface area is 164 Å². The summed E-state index contributed by atoms with van der Waals surface area (Å²) < 4.78 is 27.6. The van der Waals surface area contributed by atoms with Gasteiger partial charge in [0, 0.05) is 23.7 Å². The van der Waals surface area contributed by atoms with Gasteiger partial charge in [0.2, 0.25) is 10.0 Å². The molecule has 1 aliphatic carbocycles. The Bertz CT molecular complexity index is 952. The monoisotopic (exact) mass is 404 g/mol. The highest BCUT2D eigenvalue weighted by Gasteiger charge is 2.28. The summed E-state index contributed by atoms with van der Waals surface area (Å²) in [5.41, 5.74) is 2.51. The molecule has 0 radical (unpaired) electrons. The van der Waals surface area contributed by atoms with E-state index in [9.17, 15) is 13.2 Å². The van der Waals surface area contributed by atoms with E-state index in [1.807, 2.05) is 6.07 Å². The number of thiophene rings is 1. The third-order valence-corrected chi connectivity index (χ3v) is 8.63. The number of rotatable bonds is 4. The number of amides is 1. The second-order valence-electron chi connectivity index (χ2n) is 7.31. The van der Waals surface area contributed by atoms with Crippen LogP contribution in [0, 0.1) is 6.92 Å². The first-order valence-corrected chi connectivity index (χ1v) is 11.7. The molecule has 1 saturated heterocycles. The Morgan fingerprint density at radius 2 is 1.85 bits per heavy atom. The van der Waals surface area contributed by atoms with Crippen LogP contribution in [0.1, 0.15) is 51.4 Å². The molecule has 7 heteroatoms. The van der Waals surface area contributed by atoms with Crippen LogP contribution < -0.4 is 5.32 Å². The molecule has 144 valence electrons. The van der Waals surface area contributed by atoms with E-state index < -0.39 is 10.0 Å². The van der Waals surface area contributed by atoms with Crippen molar-refractivity contribution in [2.24, 2.45) is 0 Å². The Morgan fingerprint density at radius 1 is 1.07 bits per heavy atom. The maximum atomic E-state index is 13.0. The number of sulfonamides is 1. The normalized spacial score (nSPS) is 17.7. The Balaban J connectivity index is 1.57. The van der Waals surface area contributed by atoms with Gasteiger partial charge in [-0.1, -0.05) is 12.5 Å². The van der Waals surface area contributed by atoms with E-state index >= 15 is 0 Å². The number of nitrogens with one attached hydrogen (secondary N) is 1. The fraction of sp³-hybridized carbons (Fsp3) is 0.450. The highest BCUT2D eigenvalue weighted by Crippen LogP contribution is 2.31. The van der Waals surface area contributed by atoms with Crippen LogP contribution in [0.5, 0.6) is 0 Å². The van der Waals surface area contributed by atoms with Gasteiger partial charge in [0.25, 0.3) is 5.91 Å². The van der Waals surface area contributed by atoms with Crippen LogP contribution in [-0.2, 0) is 22.9 Å². The van der Waals surface area contributed by atoms with Gasteiger partial charge in [0.1, 0.15) is 0 Å². The standard InChI is InChI=1S/C20H24N2O3S2/c1-14-8-9-16(13-19(14)27(24,25)22-10-3-2-4-11-22)21-20(23)18-12-15-6-5-7-17(15)26-18/h8-9,12-13H,2-7,10-11H2,1H3,(H,21,23). The van der Waals surface area contributed by atoms with Gasteiger partial charge in [-0.2, -0.15) is 4.31 Å². The van der Waals surface area contributed by atoms with Gasteiger partial charge in [-0.05, 0) is 68.4 Å². The number of benzene rings is 1. The second-order valence-corrected chi connectivity index (χ2v) is 10.4. The molecular weight excluding hydrogens is 380 g/mol. The molecule has 2 aliphatic rings. The van der Waals surface area contributed by atoms with Crippen molar-refractivity contribution in [3.63, 3.8) is 0 Å². The van der Waals surface area contributed by atoms with E-state index in [0.29, 0.717) is 29.2 Å². The maximum absolute atomic E-state index is 13.0. The first-order valence-electron chi connectivity index (χ1n) is 9.49. The zero-order chi connectivity index (χ0) is 19.0. The van der Waals surface area contributed by atoms with Gasteiger partial charge in [-0.15, -0.1) is 11.3 Å². The summed E-state index contributed by atoms with van der Waals surface area (Å²) >= 11 is 1.55. The van der Waals surface area contributed by atoms with Gasteiger partial charge >= 0.3 is 0 Å². The maximum Gasteiger partial charge on any atom is 0.265 e. The van der Waals surface area contributed by atoms with Crippen molar-refractivity contribution in [3.05, 3.63) is 45.1 Å². The van der Waals surface area contributed by atoms with E-state index in [0.717, 1.165) is 32.1 Å². The van der Waals surface area contributed by atoms with Gasteiger partial charge in [0.15, 0.2) is 0 Å². The molecule has 1 N–H and O–H groups in total. The molecule has 1 aliphatic heterocycles. The van der Waals surface area contributed by atoms with E-state index in [1.54, 1.807) is 40.8 Å². The minimum atomic E-state index is -3.53. The SMILES string of the molecule is Cc1ccc(NC(=O)c2cc3c(s2)CCC3)cc1S(=O)(=O)N1CCCCC1. The Morgan fingerprint density at radius 3 is 2.59 bits per heavy atom. The average molecular weight is 405 g/mol. The minimum absolute atomic E-state index is 0.167. The van der Waals surface area contributed by atoms with Gasteiger partial charge < -0.3 is 5.32 Å². The molecule has 27 heavy (non-hydrogen) atoms. The molecule has 0 saturated carbocycles. The fourth-order valence-corrected chi connectivity index (χ4v) is 6.75. The predicted molar refractivity (Wildman–Crippen MR) is 108 cm³/mol. The van der Waals surface area contributed by atoms with Gasteiger partial charge in [0.05, 0.1) is 9.77 Å². The van der Waals surface area contributed by atoms with E-state index in [-0.39, 0.29) is 10.8 Å². The fourth-order valence-electron chi connectivity index (χ4n) is 3.83. The molecular formula is C20H24N2O3S2. The van der Waals surface area contributed by atoms with Crippen molar-refractivity contribution in [2.45, 2.75) is 50.3 Å². The number of anilines is 1. The number of aryl methyl sites for hydroxylation is 3. The lowest BCUT2D eigenvalue weighted by Gasteiger charge is -2.26. The largest absolute Gasteiger partial charge is 0.321 e. The average Bonchev–Trinajstić information content (AvgIpc) is 3.26. The number of carbonyl (C=O) groups excluding carboxylic acids is 1. The molecule has 0 bridgehead atoms. The third-order valence-electron chi connectivity index (χ3n) is 5.35. The second kappa shape index (κ2) is 7.37. The minimum Gasteiger partial charge on any atom is -0.321 e. The van der Waals surface area contributed by atoms with Crippen LogP contribution in [0.4, 0.5) is 5.69 Å². The number of hydrogen-bond acceptors (Lipinski definition) is 4. The lowest BCUT2D eigenvalue weighted by Crippen LogP contribution is -2.36. The predicted octanol–water partition coefficient (Wildman–Crippen LogP) is 3.97. The third kappa shape index (κ3) is 3.68. The number of piperidine rings is 1. The zero-order valence-corrected chi connectivity index (χ0v) is 17.1. The summed E-state index contributed by atoms with van der Waals surface area (Å²) in [6, 6.07) is 7.10. The molecule has 4 rings (SSSR count). The summed E-state index contributed by atoms with van der Waals surface area (Å²) in [7, 11) is -3.53. The highest BCUT2D eigenvalue weighted by atomic mass is 32.2. The summed E-state index contributed by atoms with van der Waals surface area (Å²) in [4.78, 5) is 14.9. The van der Waals surface area contributed by atoms with Crippen LogP contribution in [0.3, 0.4) is 0 Å². The molecule has 1 aromatic heterocycles. The molecule has 0 atom stereocenters. The van der Waals surface area contributed by atoms with Crippen molar-refractivity contribution in [2.75, 3.05) is 18.4 Å². The topological polar surface area (TPSA) is 66.5 Å². The van der Waals surface area contributed by atoms with Crippen molar-refractivity contribution >= 4 is 33.0 Å². The quantitative estimate of drug-likeness (QED) is 0.838. The van der Waals surface area contributed by atoms with E-state index in [1.165, 1.54) is 16.9 Å². The van der Waals surface area contributed by atoms with Crippen LogP contribution in [0.2, 0.25) is 0 Å². The molecule has 1 fully saturated rings. The molecule has 5 nitrogen and oxygen atoms in total. The summed E-state index contributed by atoms with van der Waals surface area (Å²) in [5, 5.41) is 2.88. The van der Waals surface area contributed by atoms with Crippen LogP contribution in [0.15, 0.2) is 29.2 Å².